The molecule has 1 aliphatic rings. The lowest BCUT2D eigenvalue weighted by Crippen LogP contribution is -1.99. The molecule has 0 saturated carbocycles. The molecule has 4 rings (SSSR count). The van der Waals surface area contributed by atoms with Crippen LogP contribution in [0.2, 0.25) is 0 Å². The van der Waals surface area contributed by atoms with Crippen molar-refractivity contribution in [2.24, 2.45) is 0 Å². The van der Waals surface area contributed by atoms with Crippen LogP contribution in [0.15, 0.2) is 36.4 Å². The van der Waals surface area contributed by atoms with Gasteiger partial charge >= 0.3 is 0 Å². The first kappa shape index (κ1) is 12.7. The zero-order chi connectivity index (χ0) is 14.2. The second-order valence-electron chi connectivity index (χ2n) is 5.44. The normalized spacial score (nSPS) is 14.1. The quantitative estimate of drug-likeness (QED) is 0.678. The minimum absolute atomic E-state index is 0.266. The molecule has 0 amide bonds. The summed E-state index contributed by atoms with van der Waals surface area (Å²) >= 11 is 1.71. The minimum Gasteiger partial charge on any atom is -0.506 e. The number of hydrogen-bond acceptors (Lipinski definition) is 4. The Bertz CT molecular complexity index is 786. The Hall–Kier alpha value is -2.07. The molecule has 21 heavy (non-hydrogen) atoms. The highest BCUT2D eigenvalue weighted by Gasteiger charge is 2.15. The molecule has 0 atom stereocenters. The maximum Gasteiger partial charge on any atom is 0.187 e. The lowest BCUT2D eigenvalue weighted by atomic mass is 10.0. The predicted octanol–water partition coefficient (Wildman–Crippen LogP) is 4.62. The molecule has 4 heteroatoms. The van der Waals surface area contributed by atoms with Crippen molar-refractivity contribution in [3.05, 3.63) is 47.0 Å². The number of fused-ring (bicyclic) bond motifs is 2. The van der Waals surface area contributed by atoms with Crippen molar-refractivity contribution in [1.29, 1.82) is 0 Å². The molecule has 0 radical (unpaired) electrons. The molecule has 2 N–H and O–H groups in total. The van der Waals surface area contributed by atoms with Gasteiger partial charge in [0.05, 0.1) is 11.4 Å². The number of phenols is 1. The minimum atomic E-state index is 0.266. The second-order valence-corrected chi connectivity index (χ2v) is 6.52. The first-order chi connectivity index (χ1) is 10.3. The maximum absolute atomic E-state index is 10.2. The van der Waals surface area contributed by atoms with E-state index in [0.717, 1.165) is 34.4 Å². The molecule has 0 fully saturated rings. The maximum atomic E-state index is 10.2. The molecule has 0 unspecified atom stereocenters. The highest BCUT2D eigenvalue weighted by atomic mass is 32.1. The second kappa shape index (κ2) is 5.04. The fourth-order valence-corrected chi connectivity index (χ4v) is 3.91. The molecule has 0 spiro atoms. The highest BCUT2D eigenvalue weighted by molar-refractivity contribution is 7.15. The number of benzene rings is 2. The van der Waals surface area contributed by atoms with Gasteiger partial charge in [-0.3, -0.25) is 0 Å². The Labute approximate surface area is 127 Å². The summed E-state index contributed by atoms with van der Waals surface area (Å²) in [4.78, 5) is 6.06. The highest BCUT2D eigenvalue weighted by Crippen LogP contribution is 2.35. The lowest BCUT2D eigenvalue weighted by Gasteiger charge is -2.07. The number of phenolic OH excluding ortho intramolecular Hbond substituents is 1. The van der Waals surface area contributed by atoms with E-state index in [1.54, 1.807) is 17.4 Å². The van der Waals surface area contributed by atoms with Gasteiger partial charge in [-0.15, -0.1) is 11.3 Å². The molecule has 0 saturated heterocycles. The summed E-state index contributed by atoms with van der Waals surface area (Å²) < 4.78 is 0. The van der Waals surface area contributed by atoms with Gasteiger partial charge < -0.3 is 10.4 Å². The van der Waals surface area contributed by atoms with Crippen molar-refractivity contribution < 1.29 is 5.11 Å². The Morgan fingerprint density at radius 1 is 1.05 bits per heavy atom. The van der Waals surface area contributed by atoms with Gasteiger partial charge in [-0.2, -0.15) is 0 Å². The molecule has 0 aliphatic heterocycles. The largest absolute Gasteiger partial charge is 0.506 e. The molecular weight excluding hydrogens is 280 g/mol. The Morgan fingerprint density at radius 2 is 1.81 bits per heavy atom. The van der Waals surface area contributed by atoms with Gasteiger partial charge in [0.25, 0.3) is 0 Å². The van der Waals surface area contributed by atoms with Gasteiger partial charge in [-0.25, -0.2) is 4.98 Å². The molecule has 3 aromatic rings. The topological polar surface area (TPSA) is 45.1 Å². The number of anilines is 2. The van der Waals surface area contributed by atoms with Gasteiger partial charge in [0.2, 0.25) is 0 Å². The summed E-state index contributed by atoms with van der Waals surface area (Å²) in [5.41, 5.74) is 1.95. The zero-order valence-corrected chi connectivity index (χ0v) is 12.4. The molecule has 106 valence electrons. The zero-order valence-electron chi connectivity index (χ0n) is 11.6. The molecule has 1 aliphatic carbocycles. The van der Waals surface area contributed by atoms with Crippen LogP contribution in [0.25, 0.3) is 10.8 Å². The number of aromatic nitrogens is 1. The van der Waals surface area contributed by atoms with Crippen molar-refractivity contribution in [3.8, 4) is 5.75 Å². The summed E-state index contributed by atoms with van der Waals surface area (Å²) in [6.07, 6.45) is 4.71. The third kappa shape index (κ3) is 2.36. The van der Waals surface area contributed by atoms with Gasteiger partial charge in [0, 0.05) is 4.88 Å². The van der Waals surface area contributed by atoms with E-state index in [0.29, 0.717) is 0 Å². The molecule has 0 bridgehead atoms. The Balaban J connectivity index is 1.70. The Kier molecular flexibility index (Phi) is 3.04. The van der Waals surface area contributed by atoms with E-state index >= 15 is 0 Å². The van der Waals surface area contributed by atoms with Crippen LogP contribution < -0.4 is 5.32 Å². The standard InChI is InChI=1S/C17H16N2OS/c20-15-10-12-6-2-1-5-11(12)9-14(15)19-17-18-13-7-3-4-8-16(13)21-17/h1-2,5-6,9-10,20H,3-4,7-8H2,(H,18,19). The van der Waals surface area contributed by atoms with Gasteiger partial charge in [-0.05, 0) is 48.6 Å². The van der Waals surface area contributed by atoms with E-state index in [1.807, 2.05) is 30.3 Å². The average molecular weight is 296 g/mol. The van der Waals surface area contributed by atoms with E-state index in [4.69, 9.17) is 0 Å². The van der Waals surface area contributed by atoms with Crippen LogP contribution in [-0.2, 0) is 12.8 Å². The van der Waals surface area contributed by atoms with Crippen molar-refractivity contribution in [2.45, 2.75) is 25.7 Å². The van der Waals surface area contributed by atoms with Crippen molar-refractivity contribution in [3.63, 3.8) is 0 Å². The summed E-state index contributed by atoms with van der Waals surface area (Å²) in [7, 11) is 0. The number of aromatic hydroxyl groups is 1. The Morgan fingerprint density at radius 3 is 2.62 bits per heavy atom. The molecule has 1 aromatic heterocycles. The van der Waals surface area contributed by atoms with Gasteiger partial charge in [-0.1, -0.05) is 24.3 Å². The van der Waals surface area contributed by atoms with Crippen molar-refractivity contribution in [1.82, 2.24) is 4.98 Å². The van der Waals surface area contributed by atoms with Crippen LogP contribution in [0.4, 0.5) is 10.8 Å². The third-order valence-electron chi connectivity index (χ3n) is 3.95. The molecule has 3 nitrogen and oxygen atoms in total. The number of nitrogens with one attached hydrogen (secondary N) is 1. The monoisotopic (exact) mass is 296 g/mol. The average Bonchev–Trinajstić information content (AvgIpc) is 2.90. The number of rotatable bonds is 2. The number of thiazole rings is 1. The summed E-state index contributed by atoms with van der Waals surface area (Å²) in [5.74, 6) is 0.266. The first-order valence-corrected chi connectivity index (χ1v) is 8.08. The van der Waals surface area contributed by atoms with Crippen LogP contribution in [0.5, 0.6) is 5.75 Å². The van der Waals surface area contributed by atoms with Crippen molar-refractivity contribution >= 4 is 32.9 Å². The van der Waals surface area contributed by atoms with Crippen LogP contribution >= 0.6 is 11.3 Å². The number of nitrogens with zero attached hydrogens (tertiary/aromatic N) is 1. The first-order valence-electron chi connectivity index (χ1n) is 7.27. The van der Waals surface area contributed by atoms with E-state index in [2.05, 4.69) is 10.3 Å². The van der Waals surface area contributed by atoms with Gasteiger partial charge in [0.1, 0.15) is 5.75 Å². The van der Waals surface area contributed by atoms with Crippen LogP contribution in [0.3, 0.4) is 0 Å². The van der Waals surface area contributed by atoms with E-state index in [1.165, 1.54) is 23.4 Å². The lowest BCUT2D eigenvalue weighted by molar-refractivity contribution is 0.478. The van der Waals surface area contributed by atoms with Crippen LogP contribution in [-0.4, -0.2) is 10.1 Å². The molecule has 1 heterocycles. The van der Waals surface area contributed by atoms with Crippen LogP contribution in [0.1, 0.15) is 23.4 Å². The van der Waals surface area contributed by atoms with E-state index in [-0.39, 0.29) is 5.75 Å². The summed E-state index contributed by atoms with van der Waals surface area (Å²) in [5, 5.41) is 16.5. The van der Waals surface area contributed by atoms with E-state index in [9.17, 15) is 5.11 Å². The summed E-state index contributed by atoms with van der Waals surface area (Å²) in [6, 6.07) is 11.8. The summed E-state index contributed by atoms with van der Waals surface area (Å²) in [6.45, 7) is 0. The number of hydrogen-bond donors (Lipinski definition) is 2. The van der Waals surface area contributed by atoms with Gasteiger partial charge in [0.15, 0.2) is 5.13 Å². The van der Waals surface area contributed by atoms with Crippen LogP contribution in [0, 0.1) is 0 Å². The smallest absolute Gasteiger partial charge is 0.187 e. The fraction of sp³-hybridized carbons (Fsp3) is 0.235. The predicted molar refractivity (Wildman–Crippen MR) is 87.7 cm³/mol. The number of aryl methyl sites for hydroxylation is 2. The van der Waals surface area contributed by atoms with Crippen molar-refractivity contribution in [2.75, 3.05) is 5.32 Å². The molecular formula is C17H16N2OS. The van der Waals surface area contributed by atoms with E-state index < -0.39 is 0 Å². The third-order valence-corrected chi connectivity index (χ3v) is 5.02. The SMILES string of the molecule is Oc1cc2ccccc2cc1Nc1nc2c(s1)CCCC2. The fourth-order valence-electron chi connectivity index (χ4n) is 2.85. The molecule has 2 aromatic carbocycles.